The molecule has 1 fully saturated rings. The van der Waals surface area contributed by atoms with E-state index in [1.807, 2.05) is 0 Å². The van der Waals surface area contributed by atoms with Gasteiger partial charge in [-0.2, -0.15) is 0 Å². The van der Waals surface area contributed by atoms with Crippen LogP contribution in [0.25, 0.3) is 0 Å². The molecule has 0 radical (unpaired) electrons. The molecule has 0 spiro atoms. The van der Waals surface area contributed by atoms with Gasteiger partial charge in [-0.15, -0.1) is 0 Å². The lowest BCUT2D eigenvalue weighted by atomic mass is 9.83. The molecular weight excluding hydrogens is 128 g/mol. The summed E-state index contributed by atoms with van der Waals surface area (Å²) in [6, 6.07) is 0.284. The Labute approximate surface area is 61.4 Å². The Morgan fingerprint density at radius 3 is 2.30 bits per heavy atom. The summed E-state index contributed by atoms with van der Waals surface area (Å²) in [5, 5.41) is 9.62. The average molecular weight is 144 g/mol. The van der Waals surface area contributed by atoms with Gasteiger partial charge in [0.1, 0.15) is 0 Å². The molecule has 1 aliphatic rings. The predicted octanol–water partition coefficient (Wildman–Crippen LogP) is -0.423. The molecule has 1 rings (SSSR count). The van der Waals surface area contributed by atoms with Gasteiger partial charge in [-0.1, -0.05) is 0 Å². The third-order valence-corrected chi connectivity index (χ3v) is 2.34. The lowest BCUT2D eigenvalue weighted by molar-refractivity contribution is 0.00835. The van der Waals surface area contributed by atoms with Gasteiger partial charge in [0.05, 0.1) is 5.60 Å². The largest absolute Gasteiger partial charge is 0.389 e. The van der Waals surface area contributed by atoms with Crippen LogP contribution in [0.2, 0.25) is 0 Å². The Kier molecular flexibility index (Phi) is 2.28. The second-order valence-electron chi connectivity index (χ2n) is 3.27. The van der Waals surface area contributed by atoms with Crippen LogP contribution in [0.15, 0.2) is 0 Å². The quantitative estimate of drug-likeness (QED) is 0.468. The molecular formula is C7H16N2O. The SMILES string of the molecule is NCC1(O)CCC(N)CC1. The summed E-state index contributed by atoms with van der Waals surface area (Å²) in [7, 11) is 0. The van der Waals surface area contributed by atoms with Crippen LogP contribution in [0.5, 0.6) is 0 Å². The standard InChI is InChI=1S/C7H16N2O/c8-5-7(10)3-1-6(9)2-4-7/h6,10H,1-5,8-9H2. The highest BCUT2D eigenvalue weighted by Crippen LogP contribution is 2.25. The molecule has 3 heteroatoms. The molecule has 10 heavy (non-hydrogen) atoms. The molecule has 1 aliphatic carbocycles. The second kappa shape index (κ2) is 2.86. The van der Waals surface area contributed by atoms with E-state index in [0.29, 0.717) is 6.54 Å². The van der Waals surface area contributed by atoms with Crippen molar-refractivity contribution in [3.63, 3.8) is 0 Å². The summed E-state index contributed by atoms with van der Waals surface area (Å²) < 4.78 is 0. The highest BCUT2D eigenvalue weighted by Gasteiger charge is 2.30. The maximum Gasteiger partial charge on any atom is 0.0770 e. The van der Waals surface area contributed by atoms with Crippen molar-refractivity contribution in [3.05, 3.63) is 0 Å². The molecule has 0 bridgehead atoms. The minimum Gasteiger partial charge on any atom is -0.389 e. The van der Waals surface area contributed by atoms with E-state index >= 15 is 0 Å². The van der Waals surface area contributed by atoms with E-state index in [-0.39, 0.29) is 6.04 Å². The van der Waals surface area contributed by atoms with Crippen molar-refractivity contribution in [1.29, 1.82) is 0 Å². The van der Waals surface area contributed by atoms with Crippen LogP contribution in [0.1, 0.15) is 25.7 Å². The highest BCUT2D eigenvalue weighted by molar-refractivity contribution is 4.87. The first-order valence-electron chi connectivity index (χ1n) is 3.84. The van der Waals surface area contributed by atoms with E-state index in [9.17, 15) is 5.11 Å². The molecule has 60 valence electrons. The van der Waals surface area contributed by atoms with Gasteiger partial charge >= 0.3 is 0 Å². The monoisotopic (exact) mass is 144 g/mol. The van der Waals surface area contributed by atoms with Gasteiger partial charge in [0.2, 0.25) is 0 Å². The first-order chi connectivity index (χ1) is 4.66. The lowest BCUT2D eigenvalue weighted by Crippen LogP contribution is -2.44. The molecule has 0 unspecified atom stereocenters. The molecule has 0 aromatic heterocycles. The van der Waals surface area contributed by atoms with Gasteiger partial charge in [0, 0.05) is 12.6 Å². The number of nitrogens with two attached hydrogens (primary N) is 2. The molecule has 0 aromatic carbocycles. The summed E-state index contributed by atoms with van der Waals surface area (Å²) in [6.07, 6.45) is 3.36. The fraction of sp³-hybridized carbons (Fsp3) is 1.00. The Morgan fingerprint density at radius 2 is 1.90 bits per heavy atom. The van der Waals surface area contributed by atoms with Crippen molar-refractivity contribution in [2.75, 3.05) is 6.54 Å². The molecule has 0 saturated heterocycles. The second-order valence-corrected chi connectivity index (χ2v) is 3.27. The Bertz CT molecular complexity index is 108. The number of hydrogen-bond acceptors (Lipinski definition) is 3. The summed E-state index contributed by atoms with van der Waals surface area (Å²) >= 11 is 0. The Hall–Kier alpha value is -0.120. The van der Waals surface area contributed by atoms with Gasteiger partial charge in [0.25, 0.3) is 0 Å². The minimum absolute atomic E-state index is 0.284. The molecule has 3 nitrogen and oxygen atoms in total. The Morgan fingerprint density at radius 1 is 1.40 bits per heavy atom. The van der Waals surface area contributed by atoms with Gasteiger partial charge in [0.15, 0.2) is 0 Å². The maximum absolute atomic E-state index is 9.62. The minimum atomic E-state index is -0.601. The molecule has 0 amide bonds. The van der Waals surface area contributed by atoms with Crippen LogP contribution in [0.3, 0.4) is 0 Å². The average Bonchev–Trinajstić information content (AvgIpc) is 1.96. The van der Waals surface area contributed by atoms with Crippen LogP contribution in [-0.2, 0) is 0 Å². The molecule has 0 atom stereocenters. The summed E-state index contributed by atoms with van der Waals surface area (Å²) in [4.78, 5) is 0. The molecule has 0 heterocycles. The molecule has 0 aliphatic heterocycles. The zero-order valence-corrected chi connectivity index (χ0v) is 6.21. The van der Waals surface area contributed by atoms with E-state index in [1.54, 1.807) is 0 Å². The van der Waals surface area contributed by atoms with Crippen molar-refractivity contribution in [1.82, 2.24) is 0 Å². The van der Waals surface area contributed by atoms with Crippen LogP contribution in [0, 0.1) is 0 Å². The van der Waals surface area contributed by atoms with Crippen molar-refractivity contribution in [3.8, 4) is 0 Å². The van der Waals surface area contributed by atoms with Crippen molar-refractivity contribution in [2.24, 2.45) is 11.5 Å². The van der Waals surface area contributed by atoms with Crippen molar-refractivity contribution in [2.45, 2.75) is 37.3 Å². The number of rotatable bonds is 1. The van der Waals surface area contributed by atoms with E-state index in [0.717, 1.165) is 25.7 Å². The van der Waals surface area contributed by atoms with Crippen LogP contribution >= 0.6 is 0 Å². The fourth-order valence-electron chi connectivity index (χ4n) is 1.38. The number of aliphatic hydroxyl groups is 1. The van der Waals surface area contributed by atoms with Crippen molar-refractivity contribution >= 4 is 0 Å². The highest BCUT2D eigenvalue weighted by atomic mass is 16.3. The van der Waals surface area contributed by atoms with Gasteiger partial charge < -0.3 is 16.6 Å². The zero-order chi connectivity index (χ0) is 7.61. The normalized spacial score (nSPS) is 41.7. The first-order valence-corrected chi connectivity index (χ1v) is 3.84. The van der Waals surface area contributed by atoms with Gasteiger partial charge in [-0.3, -0.25) is 0 Å². The van der Waals surface area contributed by atoms with Gasteiger partial charge in [-0.25, -0.2) is 0 Å². The zero-order valence-electron chi connectivity index (χ0n) is 6.21. The molecule has 1 saturated carbocycles. The topological polar surface area (TPSA) is 72.3 Å². The molecule has 5 N–H and O–H groups in total. The summed E-state index contributed by atoms with van der Waals surface area (Å²) in [5.41, 5.74) is 10.4. The van der Waals surface area contributed by atoms with E-state index in [1.165, 1.54) is 0 Å². The first kappa shape index (κ1) is 7.98. The fourth-order valence-corrected chi connectivity index (χ4v) is 1.38. The maximum atomic E-state index is 9.62. The van der Waals surface area contributed by atoms with Crippen LogP contribution < -0.4 is 11.5 Å². The Balaban J connectivity index is 2.38. The number of hydrogen-bond donors (Lipinski definition) is 3. The van der Waals surface area contributed by atoms with E-state index < -0.39 is 5.60 Å². The van der Waals surface area contributed by atoms with E-state index in [2.05, 4.69) is 0 Å². The van der Waals surface area contributed by atoms with Crippen LogP contribution in [-0.4, -0.2) is 23.3 Å². The summed E-state index contributed by atoms with van der Waals surface area (Å²) in [6.45, 7) is 0.375. The lowest BCUT2D eigenvalue weighted by Gasteiger charge is -2.33. The summed E-state index contributed by atoms with van der Waals surface area (Å²) in [5.74, 6) is 0. The van der Waals surface area contributed by atoms with Crippen LogP contribution in [0.4, 0.5) is 0 Å². The van der Waals surface area contributed by atoms with Gasteiger partial charge in [-0.05, 0) is 25.7 Å². The third kappa shape index (κ3) is 1.68. The predicted molar refractivity (Wildman–Crippen MR) is 40.4 cm³/mol. The third-order valence-electron chi connectivity index (χ3n) is 2.34. The smallest absolute Gasteiger partial charge is 0.0770 e. The molecule has 0 aromatic rings. The van der Waals surface area contributed by atoms with Crippen molar-refractivity contribution < 1.29 is 5.11 Å². The van der Waals surface area contributed by atoms with E-state index in [4.69, 9.17) is 11.5 Å².